The van der Waals surface area contributed by atoms with Crippen molar-refractivity contribution in [2.45, 2.75) is 19.9 Å². The molecule has 0 saturated heterocycles. The van der Waals surface area contributed by atoms with Gasteiger partial charge in [0.05, 0.1) is 23.6 Å². The van der Waals surface area contributed by atoms with Gasteiger partial charge in [-0.2, -0.15) is 0 Å². The fraction of sp³-hybridized carbons (Fsp3) is 0.235. The highest BCUT2D eigenvalue weighted by atomic mass is 14.9. The summed E-state index contributed by atoms with van der Waals surface area (Å²) in [6.07, 6.45) is 7.09. The van der Waals surface area contributed by atoms with E-state index in [0.717, 1.165) is 33.9 Å². The van der Waals surface area contributed by atoms with E-state index >= 15 is 0 Å². The lowest BCUT2D eigenvalue weighted by Gasteiger charge is -2.18. The van der Waals surface area contributed by atoms with E-state index < -0.39 is 0 Å². The van der Waals surface area contributed by atoms with Crippen molar-refractivity contribution in [1.29, 1.82) is 0 Å². The number of nitrogens with one attached hydrogen (secondary N) is 1. The molecule has 0 aliphatic carbocycles. The van der Waals surface area contributed by atoms with E-state index in [-0.39, 0.29) is 6.04 Å². The summed E-state index contributed by atoms with van der Waals surface area (Å²) in [6.45, 7) is 12.1. The minimum atomic E-state index is -0.263. The highest BCUT2D eigenvalue weighted by Gasteiger charge is 2.14. The number of nitrogens with zero attached hydrogens (tertiary/aromatic N) is 3. The first-order valence-electron chi connectivity index (χ1n) is 7.07. The van der Waals surface area contributed by atoms with Crippen LogP contribution >= 0.6 is 0 Å². The Bertz CT molecular complexity index is 676. The fourth-order valence-corrected chi connectivity index (χ4v) is 2.01. The van der Waals surface area contributed by atoms with Crippen LogP contribution < -0.4 is 11.1 Å². The lowest BCUT2D eigenvalue weighted by Crippen LogP contribution is -2.15. The minimum Gasteiger partial charge on any atom is -0.380 e. The SMILES string of the molecule is C=CCNc1cnc(-c2cnc(C)nc2)cc1C(N)C(=C)C. The molecule has 5 heteroatoms. The smallest absolute Gasteiger partial charge is 0.125 e. The van der Waals surface area contributed by atoms with Crippen molar-refractivity contribution in [2.75, 3.05) is 11.9 Å². The van der Waals surface area contributed by atoms with E-state index in [0.29, 0.717) is 6.54 Å². The molecule has 0 bridgehead atoms. The number of hydrogen-bond acceptors (Lipinski definition) is 5. The van der Waals surface area contributed by atoms with Gasteiger partial charge in [0.15, 0.2) is 0 Å². The molecule has 2 rings (SSSR count). The van der Waals surface area contributed by atoms with Crippen LogP contribution in [0, 0.1) is 6.92 Å². The normalized spacial score (nSPS) is 11.8. The molecular formula is C17H21N5. The number of rotatable bonds is 6. The molecule has 0 aliphatic rings. The van der Waals surface area contributed by atoms with Gasteiger partial charge >= 0.3 is 0 Å². The number of anilines is 1. The molecule has 1 atom stereocenters. The predicted octanol–water partition coefficient (Wildman–Crippen LogP) is 3.02. The Labute approximate surface area is 131 Å². The summed E-state index contributed by atoms with van der Waals surface area (Å²) < 4.78 is 0. The molecular weight excluding hydrogens is 274 g/mol. The summed E-state index contributed by atoms with van der Waals surface area (Å²) in [4.78, 5) is 12.9. The van der Waals surface area contributed by atoms with Gasteiger partial charge < -0.3 is 11.1 Å². The zero-order valence-corrected chi connectivity index (χ0v) is 13.0. The summed E-state index contributed by atoms with van der Waals surface area (Å²) in [5.41, 5.74) is 10.6. The van der Waals surface area contributed by atoms with Gasteiger partial charge in [0.1, 0.15) is 5.82 Å². The van der Waals surface area contributed by atoms with E-state index in [1.54, 1.807) is 24.7 Å². The average molecular weight is 295 g/mol. The van der Waals surface area contributed by atoms with Gasteiger partial charge in [-0.15, -0.1) is 6.58 Å². The lowest BCUT2D eigenvalue weighted by molar-refractivity contribution is 0.849. The Kier molecular flexibility index (Phi) is 5.01. The highest BCUT2D eigenvalue weighted by Crippen LogP contribution is 2.28. The number of pyridine rings is 1. The highest BCUT2D eigenvalue weighted by molar-refractivity contribution is 5.64. The van der Waals surface area contributed by atoms with Crippen LogP contribution in [0.25, 0.3) is 11.3 Å². The van der Waals surface area contributed by atoms with Crippen LogP contribution in [0.15, 0.2) is 49.5 Å². The van der Waals surface area contributed by atoms with Crippen molar-refractivity contribution in [3.8, 4) is 11.3 Å². The van der Waals surface area contributed by atoms with Crippen molar-refractivity contribution < 1.29 is 0 Å². The zero-order valence-electron chi connectivity index (χ0n) is 13.0. The second-order valence-corrected chi connectivity index (χ2v) is 5.17. The monoisotopic (exact) mass is 295 g/mol. The van der Waals surface area contributed by atoms with Gasteiger partial charge in [-0.3, -0.25) is 4.98 Å². The quantitative estimate of drug-likeness (QED) is 0.801. The van der Waals surface area contributed by atoms with Crippen LogP contribution in [0.4, 0.5) is 5.69 Å². The summed E-state index contributed by atoms with van der Waals surface area (Å²) in [6, 6.07) is 1.69. The Hall–Kier alpha value is -2.53. The van der Waals surface area contributed by atoms with Crippen LogP contribution in [0.5, 0.6) is 0 Å². The third kappa shape index (κ3) is 3.56. The summed E-state index contributed by atoms with van der Waals surface area (Å²) in [7, 11) is 0. The molecule has 0 radical (unpaired) electrons. The minimum absolute atomic E-state index is 0.263. The lowest BCUT2D eigenvalue weighted by atomic mass is 9.99. The maximum atomic E-state index is 6.26. The Morgan fingerprint density at radius 2 is 2.00 bits per heavy atom. The summed E-state index contributed by atoms with van der Waals surface area (Å²) in [5.74, 6) is 0.729. The summed E-state index contributed by atoms with van der Waals surface area (Å²) >= 11 is 0. The molecule has 2 aromatic heterocycles. The van der Waals surface area contributed by atoms with Crippen LogP contribution in [0.1, 0.15) is 24.4 Å². The Morgan fingerprint density at radius 3 is 2.59 bits per heavy atom. The number of nitrogens with two attached hydrogens (primary N) is 1. The average Bonchev–Trinajstić information content (AvgIpc) is 2.52. The van der Waals surface area contributed by atoms with Crippen molar-refractivity contribution in [3.05, 3.63) is 60.9 Å². The summed E-state index contributed by atoms with van der Waals surface area (Å²) in [5, 5.41) is 3.25. The molecule has 5 nitrogen and oxygen atoms in total. The molecule has 0 amide bonds. The molecule has 1 unspecified atom stereocenters. The fourth-order valence-electron chi connectivity index (χ4n) is 2.01. The van der Waals surface area contributed by atoms with Crippen molar-refractivity contribution in [1.82, 2.24) is 15.0 Å². The first-order valence-corrected chi connectivity index (χ1v) is 7.07. The van der Waals surface area contributed by atoms with E-state index in [9.17, 15) is 0 Å². The first-order chi connectivity index (χ1) is 10.5. The van der Waals surface area contributed by atoms with Gasteiger partial charge in [0.25, 0.3) is 0 Å². The molecule has 0 aliphatic heterocycles. The van der Waals surface area contributed by atoms with E-state index in [4.69, 9.17) is 5.73 Å². The van der Waals surface area contributed by atoms with E-state index in [1.807, 2.05) is 19.9 Å². The van der Waals surface area contributed by atoms with Crippen LogP contribution in [-0.4, -0.2) is 21.5 Å². The molecule has 2 aromatic rings. The third-order valence-corrected chi connectivity index (χ3v) is 3.32. The number of hydrogen-bond donors (Lipinski definition) is 2. The second-order valence-electron chi connectivity index (χ2n) is 5.17. The Balaban J connectivity index is 2.45. The number of aromatic nitrogens is 3. The zero-order chi connectivity index (χ0) is 16.1. The van der Waals surface area contributed by atoms with Gasteiger partial charge in [-0.05, 0) is 25.5 Å². The van der Waals surface area contributed by atoms with E-state index in [2.05, 4.69) is 33.4 Å². The number of aryl methyl sites for hydroxylation is 1. The van der Waals surface area contributed by atoms with Crippen LogP contribution in [0.2, 0.25) is 0 Å². The maximum absolute atomic E-state index is 6.26. The van der Waals surface area contributed by atoms with Gasteiger partial charge in [-0.25, -0.2) is 9.97 Å². The van der Waals surface area contributed by atoms with Gasteiger partial charge in [-0.1, -0.05) is 18.2 Å². The molecule has 2 heterocycles. The largest absolute Gasteiger partial charge is 0.380 e. The third-order valence-electron chi connectivity index (χ3n) is 3.32. The molecule has 0 fully saturated rings. The van der Waals surface area contributed by atoms with Gasteiger partial charge in [0, 0.05) is 24.5 Å². The molecule has 3 N–H and O–H groups in total. The molecule has 0 aromatic carbocycles. The molecule has 114 valence electrons. The second kappa shape index (κ2) is 6.95. The molecule has 22 heavy (non-hydrogen) atoms. The Morgan fingerprint density at radius 1 is 1.32 bits per heavy atom. The van der Waals surface area contributed by atoms with Crippen molar-refractivity contribution in [3.63, 3.8) is 0 Å². The van der Waals surface area contributed by atoms with Crippen LogP contribution in [-0.2, 0) is 0 Å². The predicted molar refractivity (Wildman–Crippen MR) is 90.4 cm³/mol. The van der Waals surface area contributed by atoms with E-state index in [1.165, 1.54) is 0 Å². The van der Waals surface area contributed by atoms with Crippen LogP contribution in [0.3, 0.4) is 0 Å². The standard InChI is InChI=1S/C17H21N5/c1-5-6-19-16-10-22-15(7-14(16)17(18)11(2)3)13-8-20-12(4)21-9-13/h5,7-10,17,19H,1-2,6,18H2,3-4H3. The van der Waals surface area contributed by atoms with Gasteiger partial charge in [0.2, 0.25) is 0 Å². The van der Waals surface area contributed by atoms with Crippen molar-refractivity contribution >= 4 is 5.69 Å². The van der Waals surface area contributed by atoms with Crippen molar-refractivity contribution in [2.24, 2.45) is 5.73 Å². The first kappa shape index (κ1) is 15.9. The molecule has 0 saturated carbocycles. The topological polar surface area (TPSA) is 76.7 Å². The molecule has 0 spiro atoms. The maximum Gasteiger partial charge on any atom is 0.125 e.